The van der Waals surface area contributed by atoms with Gasteiger partial charge in [-0.3, -0.25) is 4.79 Å². The lowest BCUT2D eigenvalue weighted by molar-refractivity contribution is 0.0842. The van der Waals surface area contributed by atoms with E-state index in [1.165, 1.54) is 0 Å². The quantitative estimate of drug-likeness (QED) is 0.684. The van der Waals surface area contributed by atoms with Crippen LogP contribution >= 0.6 is 0 Å². The molecule has 1 amide bonds. The predicted molar refractivity (Wildman–Crippen MR) is 99.2 cm³/mol. The largest absolute Gasteiger partial charge is 0.491 e. The molecule has 0 spiro atoms. The third kappa shape index (κ3) is 4.52. The van der Waals surface area contributed by atoms with Crippen LogP contribution in [0.4, 0.5) is 0 Å². The molecule has 0 aliphatic carbocycles. The van der Waals surface area contributed by atoms with Crippen LogP contribution in [-0.2, 0) is 0 Å². The number of aliphatic hydroxyl groups is 1. The van der Waals surface area contributed by atoms with Crippen molar-refractivity contribution in [3.8, 4) is 17.1 Å². The number of ether oxygens (including phenoxy) is 1. The van der Waals surface area contributed by atoms with Gasteiger partial charge in [-0.1, -0.05) is 48.5 Å². The number of hydrogen-bond donors (Lipinski definition) is 2. The van der Waals surface area contributed by atoms with Gasteiger partial charge in [0.1, 0.15) is 30.0 Å². The number of amides is 1. The van der Waals surface area contributed by atoms with Crippen LogP contribution in [0.25, 0.3) is 11.3 Å². The van der Waals surface area contributed by atoms with Gasteiger partial charge in [-0.25, -0.2) is 0 Å². The molecule has 0 saturated heterocycles. The number of aliphatic hydroxyl groups excluding tert-OH is 1. The van der Waals surface area contributed by atoms with Crippen LogP contribution in [0.5, 0.6) is 5.75 Å². The SMILES string of the molecule is Cc1oc(-c2ccccc2)cc1C(=O)NCC(O)COc1ccccc1. The zero-order valence-corrected chi connectivity index (χ0v) is 14.5. The number of hydrogen-bond acceptors (Lipinski definition) is 4. The van der Waals surface area contributed by atoms with E-state index in [0.717, 1.165) is 5.56 Å². The minimum atomic E-state index is -0.806. The molecule has 26 heavy (non-hydrogen) atoms. The molecule has 1 atom stereocenters. The summed E-state index contributed by atoms with van der Waals surface area (Å²) in [5.41, 5.74) is 1.37. The molecule has 0 fully saturated rings. The van der Waals surface area contributed by atoms with E-state index in [9.17, 15) is 9.90 Å². The highest BCUT2D eigenvalue weighted by atomic mass is 16.5. The molecule has 134 valence electrons. The third-order valence-corrected chi connectivity index (χ3v) is 3.90. The zero-order chi connectivity index (χ0) is 18.4. The Morgan fingerprint density at radius 2 is 1.77 bits per heavy atom. The minimum Gasteiger partial charge on any atom is -0.491 e. The monoisotopic (exact) mass is 351 g/mol. The van der Waals surface area contributed by atoms with Crippen LogP contribution in [0.1, 0.15) is 16.1 Å². The van der Waals surface area contributed by atoms with Gasteiger partial charge >= 0.3 is 0 Å². The smallest absolute Gasteiger partial charge is 0.254 e. The summed E-state index contributed by atoms with van der Waals surface area (Å²) in [4.78, 5) is 12.4. The van der Waals surface area contributed by atoms with Crippen molar-refractivity contribution in [2.24, 2.45) is 0 Å². The fraction of sp³-hybridized carbons (Fsp3) is 0.190. The van der Waals surface area contributed by atoms with Crippen molar-refractivity contribution in [1.82, 2.24) is 5.32 Å². The summed E-state index contributed by atoms with van der Waals surface area (Å²) in [7, 11) is 0. The summed E-state index contributed by atoms with van der Waals surface area (Å²) in [6.45, 7) is 1.94. The first-order valence-electron chi connectivity index (χ1n) is 8.43. The van der Waals surface area contributed by atoms with Gasteiger partial charge in [0.2, 0.25) is 0 Å². The number of nitrogens with one attached hydrogen (secondary N) is 1. The second-order valence-electron chi connectivity index (χ2n) is 5.93. The molecule has 3 aromatic rings. The Bertz CT molecular complexity index is 843. The maximum atomic E-state index is 12.4. The van der Waals surface area contributed by atoms with Crippen molar-refractivity contribution in [2.75, 3.05) is 13.2 Å². The normalized spacial score (nSPS) is 11.8. The number of aryl methyl sites for hydroxylation is 1. The van der Waals surface area contributed by atoms with E-state index in [1.54, 1.807) is 13.0 Å². The first kappa shape index (κ1) is 17.8. The van der Waals surface area contributed by atoms with Crippen molar-refractivity contribution >= 4 is 5.91 Å². The molecule has 1 heterocycles. The fourth-order valence-corrected chi connectivity index (χ4v) is 2.53. The molecule has 0 bridgehead atoms. The van der Waals surface area contributed by atoms with Gasteiger partial charge in [0, 0.05) is 12.1 Å². The Labute approximate surface area is 152 Å². The van der Waals surface area contributed by atoms with Crippen LogP contribution < -0.4 is 10.1 Å². The van der Waals surface area contributed by atoms with E-state index in [-0.39, 0.29) is 19.1 Å². The Hall–Kier alpha value is -3.05. The Balaban J connectivity index is 1.54. The van der Waals surface area contributed by atoms with E-state index < -0.39 is 6.10 Å². The molecule has 3 rings (SSSR count). The Morgan fingerprint density at radius 1 is 1.12 bits per heavy atom. The van der Waals surface area contributed by atoms with Crippen molar-refractivity contribution in [3.63, 3.8) is 0 Å². The molecular formula is C21H21NO4. The number of rotatable bonds is 7. The molecule has 5 nitrogen and oxygen atoms in total. The second-order valence-corrected chi connectivity index (χ2v) is 5.93. The maximum Gasteiger partial charge on any atom is 0.254 e. The first-order chi connectivity index (χ1) is 12.6. The van der Waals surface area contributed by atoms with E-state index in [4.69, 9.17) is 9.15 Å². The first-order valence-corrected chi connectivity index (χ1v) is 8.43. The van der Waals surface area contributed by atoms with Crippen molar-refractivity contribution in [3.05, 3.63) is 78.1 Å². The number of benzene rings is 2. The topological polar surface area (TPSA) is 71.7 Å². The van der Waals surface area contributed by atoms with Crippen molar-refractivity contribution < 1.29 is 19.1 Å². The van der Waals surface area contributed by atoms with Gasteiger partial charge in [0.05, 0.1) is 5.56 Å². The van der Waals surface area contributed by atoms with Gasteiger partial charge in [0.15, 0.2) is 0 Å². The molecule has 2 N–H and O–H groups in total. The van der Waals surface area contributed by atoms with Crippen molar-refractivity contribution in [2.45, 2.75) is 13.0 Å². The molecule has 0 saturated carbocycles. The summed E-state index contributed by atoms with van der Waals surface area (Å²) in [6.07, 6.45) is -0.806. The molecule has 1 aromatic heterocycles. The third-order valence-electron chi connectivity index (χ3n) is 3.90. The number of carbonyl (C=O) groups excluding carboxylic acids is 1. The van der Waals surface area contributed by atoms with E-state index in [0.29, 0.717) is 22.8 Å². The molecule has 0 aliphatic heterocycles. The second kappa shape index (κ2) is 8.36. The Kier molecular flexibility index (Phi) is 5.71. The van der Waals surface area contributed by atoms with E-state index >= 15 is 0 Å². The zero-order valence-electron chi connectivity index (χ0n) is 14.5. The maximum absolute atomic E-state index is 12.4. The highest BCUT2D eigenvalue weighted by Gasteiger charge is 2.17. The average molecular weight is 351 g/mol. The predicted octanol–water partition coefficient (Wildman–Crippen LogP) is 3.42. The van der Waals surface area contributed by atoms with Crippen molar-refractivity contribution in [1.29, 1.82) is 0 Å². The van der Waals surface area contributed by atoms with Gasteiger partial charge < -0.3 is 19.6 Å². The van der Waals surface area contributed by atoms with Crippen LogP contribution in [0.3, 0.4) is 0 Å². The highest BCUT2D eigenvalue weighted by Crippen LogP contribution is 2.25. The Morgan fingerprint density at radius 3 is 2.46 bits per heavy atom. The van der Waals surface area contributed by atoms with Crippen LogP contribution in [0.2, 0.25) is 0 Å². The van der Waals surface area contributed by atoms with Crippen LogP contribution in [0.15, 0.2) is 71.1 Å². The molecule has 2 aromatic carbocycles. The van der Waals surface area contributed by atoms with E-state index in [1.807, 2.05) is 60.7 Å². The van der Waals surface area contributed by atoms with Gasteiger partial charge in [-0.15, -0.1) is 0 Å². The molecule has 1 unspecified atom stereocenters. The lowest BCUT2D eigenvalue weighted by atomic mass is 10.1. The van der Waals surface area contributed by atoms with Crippen LogP contribution in [0, 0.1) is 6.92 Å². The molecule has 0 radical (unpaired) electrons. The molecule has 5 heteroatoms. The lowest BCUT2D eigenvalue weighted by Crippen LogP contribution is -2.35. The summed E-state index contributed by atoms with van der Waals surface area (Å²) in [5, 5.41) is 12.7. The lowest BCUT2D eigenvalue weighted by Gasteiger charge is -2.13. The summed E-state index contributed by atoms with van der Waals surface area (Å²) in [6, 6.07) is 20.5. The average Bonchev–Trinajstić information content (AvgIpc) is 3.08. The van der Waals surface area contributed by atoms with Gasteiger partial charge in [-0.2, -0.15) is 0 Å². The summed E-state index contributed by atoms with van der Waals surface area (Å²) < 4.78 is 11.2. The number of furan rings is 1. The summed E-state index contributed by atoms with van der Waals surface area (Å²) >= 11 is 0. The standard InChI is InChI=1S/C21H21NO4/c1-15-19(12-20(26-15)16-8-4-2-5-9-16)21(24)22-13-17(23)14-25-18-10-6-3-7-11-18/h2-12,17,23H,13-14H2,1H3,(H,22,24). The fourth-order valence-electron chi connectivity index (χ4n) is 2.53. The van der Waals surface area contributed by atoms with Gasteiger partial charge in [-0.05, 0) is 25.1 Å². The highest BCUT2D eigenvalue weighted by molar-refractivity contribution is 5.96. The summed E-state index contributed by atoms with van der Waals surface area (Å²) in [5.74, 6) is 1.57. The molecular weight excluding hydrogens is 330 g/mol. The van der Waals surface area contributed by atoms with E-state index in [2.05, 4.69) is 5.32 Å². The molecule has 0 aliphatic rings. The minimum absolute atomic E-state index is 0.0942. The number of para-hydroxylation sites is 1. The van der Waals surface area contributed by atoms with Crippen LogP contribution in [-0.4, -0.2) is 30.3 Å². The number of carbonyl (C=O) groups is 1. The van der Waals surface area contributed by atoms with Gasteiger partial charge in [0.25, 0.3) is 5.91 Å².